The summed E-state index contributed by atoms with van der Waals surface area (Å²) < 4.78 is 4.98. The van der Waals surface area contributed by atoms with Gasteiger partial charge in [0.2, 0.25) is 0 Å². The van der Waals surface area contributed by atoms with Gasteiger partial charge < -0.3 is 15.2 Å². The van der Waals surface area contributed by atoms with Gasteiger partial charge in [0.15, 0.2) is 0 Å². The SMILES string of the molecule is COc1ccc(O)c(C(=O)NCC(C)(C)C#N)c1. The number of benzene rings is 1. The molecule has 0 radical (unpaired) electrons. The lowest BCUT2D eigenvalue weighted by Gasteiger charge is -2.16. The van der Waals surface area contributed by atoms with E-state index < -0.39 is 11.3 Å². The van der Waals surface area contributed by atoms with Gasteiger partial charge in [-0.3, -0.25) is 4.79 Å². The summed E-state index contributed by atoms with van der Waals surface area (Å²) in [4.78, 5) is 11.9. The van der Waals surface area contributed by atoms with E-state index in [2.05, 4.69) is 11.4 Å². The lowest BCUT2D eigenvalue weighted by molar-refractivity contribution is 0.0940. The van der Waals surface area contributed by atoms with Crippen molar-refractivity contribution in [3.05, 3.63) is 23.8 Å². The number of nitrogens with zero attached hydrogens (tertiary/aromatic N) is 1. The maximum absolute atomic E-state index is 11.9. The van der Waals surface area contributed by atoms with Gasteiger partial charge >= 0.3 is 0 Å². The number of hydrogen-bond acceptors (Lipinski definition) is 4. The van der Waals surface area contributed by atoms with Crippen LogP contribution in [0.3, 0.4) is 0 Å². The molecule has 5 nitrogen and oxygen atoms in total. The Balaban J connectivity index is 2.82. The molecule has 0 aliphatic carbocycles. The van der Waals surface area contributed by atoms with Gasteiger partial charge in [0.1, 0.15) is 11.5 Å². The van der Waals surface area contributed by atoms with Crippen molar-refractivity contribution >= 4 is 5.91 Å². The lowest BCUT2D eigenvalue weighted by atomic mass is 9.96. The summed E-state index contributed by atoms with van der Waals surface area (Å²) in [6.45, 7) is 3.65. The van der Waals surface area contributed by atoms with Crippen LogP contribution >= 0.6 is 0 Å². The first kappa shape index (κ1) is 13.8. The molecule has 0 atom stereocenters. The number of hydrogen-bond donors (Lipinski definition) is 2. The molecule has 0 saturated heterocycles. The fourth-order valence-electron chi connectivity index (χ4n) is 1.26. The van der Waals surface area contributed by atoms with Gasteiger partial charge in [-0.15, -0.1) is 0 Å². The van der Waals surface area contributed by atoms with Gasteiger partial charge in [-0.2, -0.15) is 5.26 Å². The third kappa shape index (κ3) is 3.39. The Kier molecular flexibility index (Phi) is 4.16. The Morgan fingerprint density at radius 3 is 2.78 bits per heavy atom. The molecular formula is C13H16N2O3. The number of rotatable bonds is 4. The topological polar surface area (TPSA) is 82.3 Å². The average molecular weight is 248 g/mol. The quantitative estimate of drug-likeness (QED) is 0.849. The number of aromatic hydroxyl groups is 1. The summed E-state index contributed by atoms with van der Waals surface area (Å²) in [5.74, 6) is -0.0738. The number of carbonyl (C=O) groups excluding carboxylic acids is 1. The summed E-state index contributed by atoms with van der Waals surface area (Å²) in [6.07, 6.45) is 0. The van der Waals surface area contributed by atoms with Crippen molar-refractivity contribution in [2.75, 3.05) is 13.7 Å². The highest BCUT2D eigenvalue weighted by atomic mass is 16.5. The van der Waals surface area contributed by atoms with Crippen LogP contribution < -0.4 is 10.1 Å². The van der Waals surface area contributed by atoms with Gasteiger partial charge in [0.05, 0.1) is 24.2 Å². The van der Waals surface area contributed by atoms with Crippen LogP contribution in [0.5, 0.6) is 11.5 Å². The molecule has 0 saturated carbocycles. The van der Waals surface area contributed by atoms with Crippen molar-refractivity contribution in [2.45, 2.75) is 13.8 Å². The number of nitrogens with one attached hydrogen (secondary N) is 1. The molecule has 0 fully saturated rings. The molecule has 96 valence electrons. The van der Waals surface area contributed by atoms with Gasteiger partial charge in [-0.05, 0) is 32.0 Å². The van der Waals surface area contributed by atoms with E-state index in [4.69, 9.17) is 10.00 Å². The third-order valence-corrected chi connectivity index (χ3v) is 2.44. The zero-order chi connectivity index (χ0) is 13.8. The number of phenols is 1. The smallest absolute Gasteiger partial charge is 0.255 e. The lowest BCUT2D eigenvalue weighted by Crippen LogP contribution is -2.33. The van der Waals surface area contributed by atoms with Crippen LogP contribution in [0, 0.1) is 16.7 Å². The average Bonchev–Trinajstić information content (AvgIpc) is 2.36. The minimum atomic E-state index is -0.649. The van der Waals surface area contributed by atoms with Crippen LogP contribution in [-0.2, 0) is 0 Å². The number of methoxy groups -OCH3 is 1. The minimum Gasteiger partial charge on any atom is -0.507 e. The normalized spacial score (nSPS) is 10.6. The van der Waals surface area contributed by atoms with Gasteiger partial charge in [-0.25, -0.2) is 0 Å². The molecule has 0 aliphatic rings. The highest BCUT2D eigenvalue weighted by Gasteiger charge is 2.19. The molecule has 1 aromatic carbocycles. The Morgan fingerprint density at radius 2 is 2.22 bits per heavy atom. The van der Waals surface area contributed by atoms with E-state index in [0.717, 1.165) is 0 Å². The van der Waals surface area contributed by atoms with E-state index in [1.54, 1.807) is 19.9 Å². The van der Waals surface area contributed by atoms with Gasteiger partial charge in [0.25, 0.3) is 5.91 Å². The van der Waals surface area contributed by atoms with Crippen molar-refractivity contribution in [3.8, 4) is 17.6 Å². The highest BCUT2D eigenvalue weighted by Crippen LogP contribution is 2.23. The van der Waals surface area contributed by atoms with Crippen molar-refractivity contribution in [1.29, 1.82) is 5.26 Å². The Morgan fingerprint density at radius 1 is 1.56 bits per heavy atom. The minimum absolute atomic E-state index is 0.122. The molecule has 0 aromatic heterocycles. The fraction of sp³-hybridized carbons (Fsp3) is 0.385. The first-order valence-corrected chi connectivity index (χ1v) is 5.46. The number of nitriles is 1. The highest BCUT2D eigenvalue weighted by molar-refractivity contribution is 5.97. The zero-order valence-corrected chi connectivity index (χ0v) is 10.7. The maximum atomic E-state index is 11.9. The second-order valence-electron chi connectivity index (χ2n) is 4.56. The molecule has 1 aromatic rings. The Hall–Kier alpha value is -2.22. The van der Waals surface area contributed by atoms with E-state index in [1.165, 1.54) is 19.2 Å². The van der Waals surface area contributed by atoms with Crippen molar-refractivity contribution in [1.82, 2.24) is 5.32 Å². The van der Waals surface area contributed by atoms with Crippen molar-refractivity contribution in [2.24, 2.45) is 5.41 Å². The molecule has 0 bridgehead atoms. The molecule has 0 aliphatic heterocycles. The first-order chi connectivity index (χ1) is 8.39. The van der Waals surface area contributed by atoms with Crippen LogP contribution in [0.1, 0.15) is 24.2 Å². The summed E-state index contributed by atoms with van der Waals surface area (Å²) in [6, 6.07) is 6.48. The summed E-state index contributed by atoms with van der Waals surface area (Å²) in [7, 11) is 1.48. The third-order valence-electron chi connectivity index (χ3n) is 2.44. The molecule has 2 N–H and O–H groups in total. The number of amides is 1. The van der Waals surface area contributed by atoms with E-state index in [1.807, 2.05) is 0 Å². The molecule has 0 spiro atoms. The van der Waals surface area contributed by atoms with Gasteiger partial charge in [0, 0.05) is 6.54 Å². The Labute approximate surface area is 106 Å². The van der Waals surface area contributed by atoms with Crippen molar-refractivity contribution in [3.63, 3.8) is 0 Å². The molecule has 0 unspecified atom stereocenters. The summed E-state index contributed by atoms with van der Waals surface area (Å²) in [5, 5.41) is 21.1. The molecule has 0 heterocycles. The first-order valence-electron chi connectivity index (χ1n) is 5.46. The number of ether oxygens (including phenoxy) is 1. The fourth-order valence-corrected chi connectivity index (χ4v) is 1.26. The predicted octanol–water partition coefficient (Wildman–Crippen LogP) is 1.68. The monoisotopic (exact) mass is 248 g/mol. The largest absolute Gasteiger partial charge is 0.507 e. The van der Waals surface area contributed by atoms with Crippen LogP contribution in [0.25, 0.3) is 0 Å². The van der Waals surface area contributed by atoms with E-state index >= 15 is 0 Å². The Bertz CT molecular complexity index is 489. The standard InChI is InChI=1S/C13H16N2O3/c1-13(2,7-14)8-15-12(17)10-6-9(18-3)4-5-11(10)16/h4-6,16H,8H2,1-3H3,(H,15,17). The summed E-state index contributed by atoms with van der Waals surface area (Å²) in [5.41, 5.74) is -0.521. The van der Waals surface area contributed by atoms with E-state index in [9.17, 15) is 9.90 Å². The van der Waals surface area contributed by atoms with E-state index in [-0.39, 0.29) is 17.9 Å². The number of carbonyl (C=O) groups is 1. The van der Waals surface area contributed by atoms with Crippen LogP contribution in [0.15, 0.2) is 18.2 Å². The van der Waals surface area contributed by atoms with Gasteiger partial charge in [-0.1, -0.05) is 0 Å². The van der Waals surface area contributed by atoms with Crippen LogP contribution in [0.4, 0.5) is 0 Å². The predicted molar refractivity (Wildman–Crippen MR) is 66.4 cm³/mol. The molecule has 1 rings (SSSR count). The maximum Gasteiger partial charge on any atom is 0.255 e. The molecule has 18 heavy (non-hydrogen) atoms. The van der Waals surface area contributed by atoms with Crippen LogP contribution in [-0.4, -0.2) is 24.7 Å². The van der Waals surface area contributed by atoms with Crippen molar-refractivity contribution < 1.29 is 14.6 Å². The second-order valence-corrected chi connectivity index (χ2v) is 4.56. The molecule has 1 amide bonds. The molecular weight excluding hydrogens is 232 g/mol. The number of phenolic OH excluding ortho intramolecular Hbond substituents is 1. The second kappa shape index (κ2) is 5.41. The van der Waals surface area contributed by atoms with Crippen LogP contribution in [0.2, 0.25) is 0 Å². The molecule has 5 heteroatoms. The zero-order valence-electron chi connectivity index (χ0n) is 10.7. The summed E-state index contributed by atoms with van der Waals surface area (Å²) >= 11 is 0. The van der Waals surface area contributed by atoms with E-state index in [0.29, 0.717) is 5.75 Å².